The average Bonchev–Trinajstić information content (AvgIpc) is 3.35. The Balaban J connectivity index is 1.31. The van der Waals surface area contributed by atoms with E-state index in [0.29, 0.717) is 35.6 Å². The van der Waals surface area contributed by atoms with E-state index in [4.69, 9.17) is 9.47 Å². The predicted molar refractivity (Wildman–Crippen MR) is 114 cm³/mol. The molecule has 7 nitrogen and oxygen atoms in total. The van der Waals surface area contributed by atoms with Gasteiger partial charge in [0.2, 0.25) is 0 Å². The number of amides is 1. The maximum Gasteiger partial charge on any atom is 0.269 e. The molecule has 0 spiro atoms. The van der Waals surface area contributed by atoms with Crippen molar-refractivity contribution < 1.29 is 14.3 Å². The van der Waals surface area contributed by atoms with Crippen LogP contribution in [0.4, 0.5) is 0 Å². The molecule has 2 N–H and O–H groups in total. The van der Waals surface area contributed by atoms with E-state index >= 15 is 0 Å². The molecule has 7 heteroatoms. The lowest BCUT2D eigenvalue weighted by molar-refractivity contribution is 0.0575. The Morgan fingerprint density at radius 1 is 1.17 bits per heavy atom. The van der Waals surface area contributed by atoms with Gasteiger partial charge in [0.05, 0.1) is 19.9 Å². The van der Waals surface area contributed by atoms with Crippen molar-refractivity contribution in [1.82, 2.24) is 20.4 Å². The maximum atomic E-state index is 13.0. The Labute approximate surface area is 177 Å². The minimum absolute atomic E-state index is 0.0524. The van der Waals surface area contributed by atoms with Crippen LogP contribution in [0.5, 0.6) is 11.5 Å². The third-order valence-corrected chi connectivity index (χ3v) is 7.08. The number of nitrogens with zero attached hydrogens (tertiary/aromatic N) is 2. The molecule has 1 aromatic carbocycles. The second-order valence-corrected chi connectivity index (χ2v) is 8.68. The third-order valence-electron chi connectivity index (χ3n) is 7.08. The van der Waals surface area contributed by atoms with Crippen molar-refractivity contribution in [3.05, 3.63) is 29.0 Å². The van der Waals surface area contributed by atoms with Gasteiger partial charge in [0.25, 0.3) is 5.91 Å². The molecule has 5 rings (SSSR count). The number of nitrogens with one attached hydrogen (secondary N) is 2. The Morgan fingerprint density at radius 3 is 2.80 bits per heavy atom. The predicted octanol–water partition coefficient (Wildman–Crippen LogP) is 2.99. The van der Waals surface area contributed by atoms with Gasteiger partial charge < -0.3 is 19.7 Å². The minimum Gasteiger partial charge on any atom is -0.493 e. The summed E-state index contributed by atoms with van der Waals surface area (Å²) in [5.41, 5.74) is 4.49. The van der Waals surface area contributed by atoms with Gasteiger partial charge >= 0.3 is 0 Å². The fourth-order valence-corrected chi connectivity index (χ4v) is 5.55. The molecule has 1 aliphatic carbocycles. The van der Waals surface area contributed by atoms with Crippen LogP contribution in [-0.4, -0.2) is 60.9 Å². The van der Waals surface area contributed by atoms with Crippen LogP contribution in [0, 0.1) is 5.92 Å². The lowest BCUT2D eigenvalue weighted by atomic mass is 9.83. The van der Waals surface area contributed by atoms with Gasteiger partial charge in [-0.15, -0.1) is 0 Å². The van der Waals surface area contributed by atoms with E-state index in [1.54, 1.807) is 14.2 Å². The molecule has 0 unspecified atom stereocenters. The molecule has 2 aliphatic heterocycles. The SMILES string of the molecule is COc1cc2c(cc1OC)-c1n[nH]c(C(=O)NC[C@@H]3CCCN4CCCC[C@@H]34)c1C2. The maximum absolute atomic E-state index is 13.0. The number of hydrogen-bond acceptors (Lipinski definition) is 5. The van der Waals surface area contributed by atoms with Crippen LogP contribution in [0.15, 0.2) is 12.1 Å². The molecule has 0 saturated carbocycles. The second kappa shape index (κ2) is 7.95. The van der Waals surface area contributed by atoms with Crippen molar-refractivity contribution in [1.29, 1.82) is 0 Å². The standard InChI is InChI=1S/C23H30N4O3/c1-29-19-11-15-10-17-21(16(15)12-20(19)30-2)25-26-22(17)23(28)24-13-14-6-5-9-27-8-4-3-7-18(14)27/h11-12,14,18H,3-10,13H2,1-2H3,(H,24,28)(H,25,26)/t14-,18-/m0/s1. The van der Waals surface area contributed by atoms with Gasteiger partial charge in [-0.3, -0.25) is 9.89 Å². The summed E-state index contributed by atoms with van der Waals surface area (Å²) in [4.78, 5) is 15.7. The van der Waals surface area contributed by atoms with Crippen molar-refractivity contribution in [2.75, 3.05) is 33.9 Å². The van der Waals surface area contributed by atoms with Crippen molar-refractivity contribution in [2.24, 2.45) is 5.92 Å². The molecular formula is C23H30N4O3. The lowest BCUT2D eigenvalue weighted by Crippen LogP contribution is -2.51. The van der Waals surface area contributed by atoms with Crippen LogP contribution in [0.3, 0.4) is 0 Å². The van der Waals surface area contributed by atoms with Gasteiger partial charge in [-0.05, 0) is 62.4 Å². The summed E-state index contributed by atoms with van der Waals surface area (Å²) in [6.07, 6.45) is 6.99. The highest BCUT2D eigenvalue weighted by Gasteiger charge is 2.34. The normalized spacial score (nSPS) is 22.7. The number of H-pyrrole nitrogens is 1. The van der Waals surface area contributed by atoms with Crippen molar-refractivity contribution in [3.63, 3.8) is 0 Å². The Morgan fingerprint density at radius 2 is 1.97 bits per heavy atom. The van der Waals surface area contributed by atoms with Crippen LogP contribution >= 0.6 is 0 Å². The molecule has 1 amide bonds. The number of benzene rings is 1. The van der Waals surface area contributed by atoms with Crippen molar-refractivity contribution in [2.45, 2.75) is 44.6 Å². The fourth-order valence-electron chi connectivity index (χ4n) is 5.55. The van der Waals surface area contributed by atoms with Gasteiger partial charge in [0.15, 0.2) is 11.5 Å². The van der Waals surface area contributed by atoms with Crippen LogP contribution < -0.4 is 14.8 Å². The first-order valence-corrected chi connectivity index (χ1v) is 11.0. The average molecular weight is 411 g/mol. The van der Waals surface area contributed by atoms with E-state index in [0.717, 1.165) is 28.9 Å². The van der Waals surface area contributed by atoms with Crippen LogP contribution in [0.1, 0.15) is 53.7 Å². The molecular weight excluding hydrogens is 380 g/mol. The highest BCUT2D eigenvalue weighted by molar-refractivity contribution is 5.97. The molecule has 2 fully saturated rings. The molecule has 2 saturated heterocycles. The number of methoxy groups -OCH3 is 2. The lowest BCUT2D eigenvalue weighted by Gasteiger charge is -2.44. The van der Waals surface area contributed by atoms with Crippen LogP contribution in [-0.2, 0) is 6.42 Å². The van der Waals surface area contributed by atoms with E-state index < -0.39 is 0 Å². The highest BCUT2D eigenvalue weighted by atomic mass is 16.5. The first-order valence-electron chi connectivity index (χ1n) is 11.0. The smallest absolute Gasteiger partial charge is 0.269 e. The molecule has 30 heavy (non-hydrogen) atoms. The molecule has 160 valence electrons. The summed E-state index contributed by atoms with van der Waals surface area (Å²) < 4.78 is 10.9. The topological polar surface area (TPSA) is 79.5 Å². The molecule has 3 aliphatic rings. The summed E-state index contributed by atoms with van der Waals surface area (Å²) in [5, 5.41) is 10.6. The van der Waals surface area contributed by atoms with E-state index in [-0.39, 0.29) is 5.91 Å². The molecule has 2 atom stereocenters. The summed E-state index contributed by atoms with van der Waals surface area (Å²) >= 11 is 0. The monoisotopic (exact) mass is 410 g/mol. The van der Waals surface area contributed by atoms with Gasteiger partial charge in [-0.1, -0.05) is 6.42 Å². The van der Waals surface area contributed by atoms with Gasteiger partial charge in [-0.2, -0.15) is 5.10 Å². The number of aromatic amines is 1. The number of carbonyl (C=O) groups is 1. The highest BCUT2D eigenvalue weighted by Crippen LogP contribution is 2.42. The van der Waals surface area contributed by atoms with E-state index in [2.05, 4.69) is 20.4 Å². The van der Waals surface area contributed by atoms with Gasteiger partial charge in [0.1, 0.15) is 5.69 Å². The quantitative estimate of drug-likeness (QED) is 0.676. The Hall–Kier alpha value is -2.54. The van der Waals surface area contributed by atoms with Gasteiger partial charge in [0, 0.05) is 30.1 Å². The summed E-state index contributed by atoms with van der Waals surface area (Å²) in [7, 11) is 3.26. The molecule has 2 aromatic rings. The Bertz CT molecular complexity index is 952. The first kappa shape index (κ1) is 19.4. The first-order chi connectivity index (χ1) is 14.7. The number of fused-ring (bicyclic) bond motifs is 4. The molecule has 1 aromatic heterocycles. The summed E-state index contributed by atoms with van der Waals surface area (Å²) in [6.45, 7) is 3.17. The minimum atomic E-state index is -0.0524. The van der Waals surface area contributed by atoms with Crippen LogP contribution in [0.25, 0.3) is 11.3 Å². The number of ether oxygens (including phenoxy) is 2. The number of hydrogen-bond donors (Lipinski definition) is 2. The summed E-state index contributed by atoms with van der Waals surface area (Å²) in [5.74, 6) is 1.87. The van der Waals surface area contributed by atoms with Crippen LogP contribution in [0.2, 0.25) is 0 Å². The number of rotatable bonds is 5. The summed E-state index contributed by atoms with van der Waals surface area (Å²) in [6, 6.07) is 4.56. The zero-order valence-corrected chi connectivity index (χ0v) is 17.8. The number of carbonyl (C=O) groups excluding carboxylic acids is 1. The molecule has 0 bridgehead atoms. The van der Waals surface area contributed by atoms with E-state index in [1.165, 1.54) is 45.2 Å². The Kier molecular flexibility index (Phi) is 5.15. The van der Waals surface area contributed by atoms with E-state index in [1.807, 2.05) is 12.1 Å². The zero-order chi connectivity index (χ0) is 20.7. The number of piperidine rings is 2. The molecule has 3 heterocycles. The fraction of sp³-hybridized carbons (Fsp3) is 0.565. The van der Waals surface area contributed by atoms with E-state index in [9.17, 15) is 4.79 Å². The largest absolute Gasteiger partial charge is 0.493 e. The van der Waals surface area contributed by atoms with Crippen molar-refractivity contribution >= 4 is 5.91 Å². The second-order valence-electron chi connectivity index (χ2n) is 8.68. The molecule has 0 radical (unpaired) electrons. The third kappa shape index (κ3) is 3.25. The van der Waals surface area contributed by atoms with Crippen molar-refractivity contribution in [3.8, 4) is 22.8 Å². The number of aromatic nitrogens is 2. The zero-order valence-electron chi connectivity index (χ0n) is 17.8. The van der Waals surface area contributed by atoms with Gasteiger partial charge in [-0.25, -0.2) is 0 Å².